The highest BCUT2D eigenvalue weighted by Crippen LogP contribution is 2.40. The van der Waals surface area contributed by atoms with Gasteiger partial charge in [-0.2, -0.15) is 5.10 Å². The number of aromatic amines is 1. The van der Waals surface area contributed by atoms with Gasteiger partial charge in [0.2, 0.25) is 5.91 Å². The minimum Gasteiger partial charge on any atom is -0.375 e. The van der Waals surface area contributed by atoms with Crippen molar-refractivity contribution in [3.8, 4) is 22.3 Å². The predicted molar refractivity (Wildman–Crippen MR) is 176 cm³/mol. The molecule has 46 heavy (non-hydrogen) atoms. The van der Waals surface area contributed by atoms with Gasteiger partial charge < -0.3 is 15.4 Å². The Morgan fingerprint density at radius 3 is 2.41 bits per heavy atom. The van der Waals surface area contributed by atoms with E-state index in [1.165, 1.54) is 5.56 Å². The van der Waals surface area contributed by atoms with E-state index < -0.39 is 23.5 Å². The van der Waals surface area contributed by atoms with Gasteiger partial charge in [0.1, 0.15) is 6.04 Å². The van der Waals surface area contributed by atoms with Crippen LogP contribution < -0.4 is 10.6 Å². The lowest BCUT2D eigenvalue weighted by atomic mass is 9.98. The second-order valence-electron chi connectivity index (χ2n) is 12.8. The monoisotopic (exact) mass is 641 g/mol. The summed E-state index contributed by atoms with van der Waals surface area (Å²) in [4.78, 5) is 28.9. The van der Waals surface area contributed by atoms with Crippen LogP contribution in [0.15, 0.2) is 66.7 Å². The van der Waals surface area contributed by atoms with E-state index in [2.05, 4.69) is 50.0 Å². The van der Waals surface area contributed by atoms with E-state index in [0.29, 0.717) is 28.4 Å². The van der Waals surface area contributed by atoms with Crippen LogP contribution in [-0.2, 0) is 27.3 Å². The number of carbonyl (C=O) groups is 2. The van der Waals surface area contributed by atoms with Crippen molar-refractivity contribution in [1.82, 2.24) is 20.4 Å². The molecule has 2 bridgehead atoms. The molecule has 2 aliphatic heterocycles. The molecule has 238 valence electrons. The van der Waals surface area contributed by atoms with Crippen LogP contribution in [0.3, 0.4) is 0 Å². The van der Waals surface area contributed by atoms with E-state index in [0.717, 1.165) is 59.8 Å². The predicted octanol–water partition coefficient (Wildman–Crippen LogP) is 6.16. The number of halogens is 2. The number of ether oxygens (including phenoxy) is 1. The maximum absolute atomic E-state index is 14.7. The number of hydrogen-bond acceptors (Lipinski definition) is 5. The molecular weight excluding hydrogens is 605 g/mol. The fraction of sp³-hybridized carbons (Fsp3) is 0.361. The first-order valence-electron chi connectivity index (χ1n) is 15.8. The summed E-state index contributed by atoms with van der Waals surface area (Å²) in [6.07, 6.45) is 1.90. The molecule has 1 unspecified atom stereocenters. The number of nitrogens with zero attached hydrogens (tertiary/aromatic N) is 2. The SMILES string of the molecule is Cc1n[nH]c(C)c1-c1ccc(NC(=O)C(Cc2cc(-c3ccc(CN4C[C@H]5C[C@@H]4CO5)cc3)ccc2Cl)NC(=O)C2(F)CC2)cc1. The number of amides is 2. The summed E-state index contributed by atoms with van der Waals surface area (Å²) in [5.74, 6) is -1.22. The number of anilines is 1. The highest BCUT2D eigenvalue weighted by molar-refractivity contribution is 6.31. The number of aromatic nitrogens is 2. The molecule has 1 aliphatic carbocycles. The zero-order valence-electron chi connectivity index (χ0n) is 25.9. The second kappa shape index (κ2) is 12.3. The van der Waals surface area contributed by atoms with Crippen molar-refractivity contribution in [2.75, 3.05) is 18.5 Å². The number of alkyl halides is 1. The third-order valence-corrected chi connectivity index (χ3v) is 9.81. The van der Waals surface area contributed by atoms with Gasteiger partial charge in [-0.25, -0.2) is 4.39 Å². The van der Waals surface area contributed by atoms with Gasteiger partial charge >= 0.3 is 0 Å². The van der Waals surface area contributed by atoms with Crippen LogP contribution >= 0.6 is 11.6 Å². The van der Waals surface area contributed by atoms with Gasteiger partial charge in [0.15, 0.2) is 5.67 Å². The van der Waals surface area contributed by atoms with E-state index in [4.69, 9.17) is 16.3 Å². The molecule has 4 aromatic rings. The van der Waals surface area contributed by atoms with Crippen molar-refractivity contribution in [3.63, 3.8) is 0 Å². The van der Waals surface area contributed by atoms with Crippen LogP contribution in [0, 0.1) is 13.8 Å². The normalized spacial score (nSPS) is 20.4. The van der Waals surface area contributed by atoms with Crippen molar-refractivity contribution < 1.29 is 18.7 Å². The second-order valence-corrected chi connectivity index (χ2v) is 13.3. The molecule has 1 saturated carbocycles. The minimum absolute atomic E-state index is 0.101. The van der Waals surface area contributed by atoms with Crippen molar-refractivity contribution >= 4 is 29.1 Å². The number of rotatable bonds is 10. The Kier molecular flexibility index (Phi) is 8.17. The third kappa shape index (κ3) is 6.32. The topological polar surface area (TPSA) is 99.3 Å². The molecular formula is C36H37ClFN5O3. The van der Waals surface area contributed by atoms with Gasteiger partial charge in [0, 0.05) is 47.5 Å². The summed E-state index contributed by atoms with van der Waals surface area (Å²) >= 11 is 6.63. The molecule has 3 aliphatic rings. The Morgan fingerprint density at radius 2 is 1.78 bits per heavy atom. The van der Waals surface area contributed by atoms with Gasteiger partial charge in [-0.15, -0.1) is 0 Å². The average Bonchev–Trinajstić information content (AvgIpc) is 3.32. The van der Waals surface area contributed by atoms with Crippen molar-refractivity contribution in [2.45, 2.75) is 69.9 Å². The molecule has 0 spiro atoms. The van der Waals surface area contributed by atoms with Gasteiger partial charge in [-0.05, 0) is 85.2 Å². The maximum atomic E-state index is 14.7. The largest absolute Gasteiger partial charge is 0.375 e. The molecule has 3 atom stereocenters. The van der Waals surface area contributed by atoms with E-state index in [1.54, 1.807) is 18.2 Å². The molecule has 0 radical (unpaired) electrons. The van der Waals surface area contributed by atoms with Crippen molar-refractivity contribution in [1.29, 1.82) is 0 Å². The number of aryl methyl sites for hydroxylation is 2. The summed E-state index contributed by atoms with van der Waals surface area (Å²) < 4.78 is 20.4. The Bertz CT molecular complexity index is 1750. The molecule has 3 fully saturated rings. The molecule has 1 aromatic heterocycles. The van der Waals surface area contributed by atoms with Gasteiger partial charge in [-0.1, -0.05) is 54.1 Å². The third-order valence-electron chi connectivity index (χ3n) is 9.44. The van der Waals surface area contributed by atoms with Crippen LogP contribution in [0.5, 0.6) is 0 Å². The van der Waals surface area contributed by atoms with Crippen LogP contribution in [-0.4, -0.2) is 63.9 Å². The smallest absolute Gasteiger partial charge is 0.258 e. The molecule has 3 heterocycles. The quantitative estimate of drug-likeness (QED) is 0.193. The number of fused-ring (bicyclic) bond motifs is 2. The van der Waals surface area contributed by atoms with Crippen LogP contribution in [0.1, 0.15) is 41.8 Å². The summed E-state index contributed by atoms with van der Waals surface area (Å²) in [6.45, 7) is 6.59. The minimum atomic E-state index is -1.92. The molecule has 7 rings (SSSR count). The number of nitrogens with one attached hydrogen (secondary N) is 3. The fourth-order valence-electron chi connectivity index (χ4n) is 6.60. The Labute approximate surface area is 272 Å². The number of likely N-dealkylation sites (tertiary alicyclic amines) is 1. The van der Waals surface area contributed by atoms with Crippen LogP contribution in [0.4, 0.5) is 10.1 Å². The van der Waals surface area contributed by atoms with Gasteiger partial charge in [0.25, 0.3) is 5.91 Å². The Hall–Kier alpha value is -4.05. The molecule has 3 aromatic carbocycles. The van der Waals surface area contributed by atoms with Crippen LogP contribution in [0.2, 0.25) is 5.02 Å². The number of carbonyl (C=O) groups excluding carboxylic acids is 2. The highest BCUT2D eigenvalue weighted by atomic mass is 35.5. The molecule has 3 N–H and O–H groups in total. The maximum Gasteiger partial charge on any atom is 0.258 e. The van der Waals surface area contributed by atoms with Crippen molar-refractivity contribution in [3.05, 3.63) is 94.3 Å². The molecule has 8 nitrogen and oxygen atoms in total. The van der Waals surface area contributed by atoms with Crippen LogP contribution in [0.25, 0.3) is 22.3 Å². The highest BCUT2D eigenvalue weighted by Gasteiger charge is 2.51. The lowest BCUT2D eigenvalue weighted by molar-refractivity contribution is -0.131. The summed E-state index contributed by atoms with van der Waals surface area (Å²) in [7, 11) is 0. The Morgan fingerprint density at radius 1 is 1.07 bits per heavy atom. The van der Waals surface area contributed by atoms with E-state index in [-0.39, 0.29) is 19.3 Å². The van der Waals surface area contributed by atoms with E-state index in [1.807, 2.05) is 38.1 Å². The number of H-pyrrole nitrogens is 1. The van der Waals surface area contributed by atoms with E-state index >= 15 is 0 Å². The fourth-order valence-corrected chi connectivity index (χ4v) is 6.79. The first-order valence-corrected chi connectivity index (χ1v) is 16.2. The zero-order valence-corrected chi connectivity index (χ0v) is 26.7. The lowest BCUT2D eigenvalue weighted by Crippen LogP contribution is -2.48. The average molecular weight is 642 g/mol. The molecule has 10 heteroatoms. The van der Waals surface area contributed by atoms with Gasteiger partial charge in [0.05, 0.1) is 18.4 Å². The lowest BCUT2D eigenvalue weighted by Gasteiger charge is -2.26. The van der Waals surface area contributed by atoms with Gasteiger partial charge in [-0.3, -0.25) is 19.6 Å². The number of hydrogen-bond donors (Lipinski definition) is 3. The molecule has 2 saturated heterocycles. The number of benzene rings is 3. The summed E-state index contributed by atoms with van der Waals surface area (Å²) in [6, 6.07) is 21.0. The standard InChI is InChI=1S/C36H37ClFN5O3/c1-21-33(22(2)42-41-21)25-7-10-28(11-8-25)39-34(44)32(40-35(45)36(38)13-14-36)16-27-15-26(9-12-31(27)37)24-5-3-23(4-6-24)18-43-19-30-17-29(43)20-46-30/h3-12,15,29-30,32H,13-14,16-20H2,1-2H3,(H,39,44)(H,40,45)(H,41,42)/t29-,30-,32?/m1/s1. The molecule has 2 amide bonds. The van der Waals surface area contributed by atoms with E-state index in [9.17, 15) is 14.0 Å². The summed E-state index contributed by atoms with van der Waals surface area (Å²) in [5.41, 5.74) is 6.34. The first kappa shape index (κ1) is 30.6. The first-order chi connectivity index (χ1) is 22.1. The Balaban J connectivity index is 1.07. The number of morpholine rings is 1. The summed E-state index contributed by atoms with van der Waals surface area (Å²) in [5, 5.41) is 13.3. The zero-order chi connectivity index (χ0) is 32.0. The van der Waals surface area contributed by atoms with Crippen molar-refractivity contribution in [2.24, 2.45) is 0 Å².